The number of fused-ring (bicyclic) bond motifs is 1. The van der Waals surface area contributed by atoms with E-state index in [9.17, 15) is 0 Å². The Bertz CT molecular complexity index is 574. The van der Waals surface area contributed by atoms with Crippen molar-refractivity contribution >= 4 is 17.0 Å². The van der Waals surface area contributed by atoms with Crippen molar-refractivity contribution in [3.8, 4) is 0 Å². The monoisotopic (exact) mass is 274 g/mol. The Kier molecular flexibility index (Phi) is 3.82. The molecule has 0 radical (unpaired) electrons. The highest BCUT2D eigenvalue weighted by molar-refractivity contribution is 5.80. The van der Waals surface area contributed by atoms with E-state index in [1.54, 1.807) is 0 Å². The molecule has 0 spiro atoms. The Hall–Kier alpha value is -1.69. The number of aromatic nitrogens is 4. The maximum absolute atomic E-state index is 5.80. The Balaban J connectivity index is 1.61. The van der Waals surface area contributed by atoms with Gasteiger partial charge in [0.2, 0.25) is 0 Å². The molecule has 2 heterocycles. The van der Waals surface area contributed by atoms with Crippen LogP contribution in [-0.2, 0) is 6.54 Å². The molecule has 108 valence electrons. The van der Waals surface area contributed by atoms with Gasteiger partial charge in [-0.15, -0.1) is 0 Å². The van der Waals surface area contributed by atoms with E-state index in [1.165, 1.54) is 32.1 Å². The van der Waals surface area contributed by atoms with Crippen LogP contribution in [0.2, 0.25) is 0 Å². The smallest absolute Gasteiger partial charge is 0.165 e. The first-order valence-electron chi connectivity index (χ1n) is 7.45. The number of aryl methyl sites for hydroxylation is 1. The lowest BCUT2D eigenvalue weighted by atomic mass is 10.3. The van der Waals surface area contributed by atoms with E-state index in [1.807, 2.05) is 6.33 Å². The van der Waals surface area contributed by atoms with Crippen LogP contribution in [0.15, 0.2) is 12.7 Å². The molecule has 2 N–H and O–H groups in total. The summed E-state index contributed by atoms with van der Waals surface area (Å²) in [6, 6.07) is 0.840. The van der Waals surface area contributed by atoms with E-state index >= 15 is 0 Å². The number of rotatable bonds is 7. The van der Waals surface area contributed by atoms with E-state index in [0.717, 1.165) is 31.2 Å². The normalized spacial score (nSPS) is 15.3. The van der Waals surface area contributed by atoms with Gasteiger partial charge in [0.15, 0.2) is 11.5 Å². The molecule has 2 aromatic rings. The van der Waals surface area contributed by atoms with E-state index in [2.05, 4.69) is 31.3 Å². The fourth-order valence-electron chi connectivity index (χ4n) is 2.71. The number of hydrogen-bond acceptors (Lipinski definition) is 5. The molecule has 20 heavy (non-hydrogen) atoms. The summed E-state index contributed by atoms with van der Waals surface area (Å²) in [5.41, 5.74) is 7.35. The first kappa shape index (κ1) is 13.3. The van der Waals surface area contributed by atoms with Gasteiger partial charge in [-0.25, -0.2) is 15.0 Å². The molecule has 0 unspecified atom stereocenters. The molecular formula is C14H22N6. The summed E-state index contributed by atoms with van der Waals surface area (Å²) >= 11 is 0. The number of nitrogen functional groups attached to an aromatic ring is 1. The molecule has 3 rings (SSSR count). The molecule has 0 saturated heterocycles. The van der Waals surface area contributed by atoms with Gasteiger partial charge < -0.3 is 15.2 Å². The van der Waals surface area contributed by atoms with Crippen LogP contribution in [0.4, 0.5) is 5.82 Å². The van der Waals surface area contributed by atoms with Crippen molar-refractivity contribution in [3.05, 3.63) is 12.7 Å². The molecule has 6 heteroatoms. The van der Waals surface area contributed by atoms with Crippen molar-refractivity contribution in [2.24, 2.45) is 0 Å². The molecule has 0 aliphatic heterocycles. The van der Waals surface area contributed by atoms with Crippen LogP contribution < -0.4 is 5.73 Å². The number of imidazole rings is 1. The third-order valence-corrected chi connectivity index (χ3v) is 3.85. The van der Waals surface area contributed by atoms with Gasteiger partial charge >= 0.3 is 0 Å². The van der Waals surface area contributed by atoms with Gasteiger partial charge in [-0.3, -0.25) is 0 Å². The SMILES string of the molecule is CCCN(CCCn1cnc2c(N)ncnc21)C1CC1. The molecule has 6 nitrogen and oxygen atoms in total. The Morgan fingerprint density at radius 2 is 2.15 bits per heavy atom. The predicted molar refractivity (Wildman–Crippen MR) is 79.2 cm³/mol. The molecule has 1 fully saturated rings. The summed E-state index contributed by atoms with van der Waals surface area (Å²) in [6.07, 6.45) is 8.41. The fourth-order valence-corrected chi connectivity index (χ4v) is 2.71. The summed E-state index contributed by atoms with van der Waals surface area (Å²) < 4.78 is 2.07. The second-order valence-corrected chi connectivity index (χ2v) is 5.49. The minimum absolute atomic E-state index is 0.458. The summed E-state index contributed by atoms with van der Waals surface area (Å²) in [5.74, 6) is 0.458. The van der Waals surface area contributed by atoms with Crippen LogP contribution in [-0.4, -0.2) is 43.6 Å². The van der Waals surface area contributed by atoms with Crippen LogP contribution >= 0.6 is 0 Å². The standard InChI is InChI=1S/C14H22N6/c1-2-6-19(11-4-5-11)7-3-8-20-10-18-12-13(15)16-9-17-14(12)20/h9-11H,2-8H2,1H3,(H2,15,16,17). The first-order valence-corrected chi connectivity index (χ1v) is 7.45. The maximum Gasteiger partial charge on any atom is 0.165 e. The summed E-state index contributed by atoms with van der Waals surface area (Å²) in [7, 11) is 0. The van der Waals surface area contributed by atoms with E-state index in [-0.39, 0.29) is 0 Å². The zero-order valence-corrected chi connectivity index (χ0v) is 12.0. The second kappa shape index (κ2) is 5.75. The second-order valence-electron chi connectivity index (χ2n) is 5.49. The van der Waals surface area contributed by atoms with Crippen LogP contribution in [0.25, 0.3) is 11.2 Å². The molecule has 1 aliphatic carbocycles. The van der Waals surface area contributed by atoms with Crippen molar-refractivity contribution in [3.63, 3.8) is 0 Å². The number of nitrogens with zero attached hydrogens (tertiary/aromatic N) is 5. The zero-order valence-electron chi connectivity index (χ0n) is 12.0. The molecule has 2 aromatic heterocycles. The number of hydrogen-bond donors (Lipinski definition) is 1. The van der Waals surface area contributed by atoms with Crippen molar-refractivity contribution in [2.45, 2.75) is 45.2 Å². The summed E-state index contributed by atoms with van der Waals surface area (Å²) in [6.45, 7) is 5.54. The van der Waals surface area contributed by atoms with Crippen molar-refractivity contribution in [2.75, 3.05) is 18.8 Å². The third-order valence-electron chi connectivity index (χ3n) is 3.85. The third kappa shape index (κ3) is 2.75. The van der Waals surface area contributed by atoms with Crippen LogP contribution in [0, 0.1) is 0 Å². The highest BCUT2D eigenvalue weighted by Crippen LogP contribution is 2.27. The molecule has 1 aliphatic rings. The topological polar surface area (TPSA) is 72.9 Å². The molecular weight excluding hydrogens is 252 g/mol. The first-order chi connectivity index (χ1) is 9.79. The lowest BCUT2D eigenvalue weighted by Crippen LogP contribution is -2.28. The Labute approximate surface area is 119 Å². The molecule has 0 atom stereocenters. The van der Waals surface area contributed by atoms with Crippen molar-refractivity contribution < 1.29 is 0 Å². The van der Waals surface area contributed by atoms with Gasteiger partial charge in [-0.2, -0.15) is 0 Å². The Morgan fingerprint density at radius 3 is 2.90 bits per heavy atom. The van der Waals surface area contributed by atoms with Gasteiger partial charge in [-0.05, 0) is 32.2 Å². The summed E-state index contributed by atoms with van der Waals surface area (Å²) in [5, 5.41) is 0. The van der Waals surface area contributed by atoms with Gasteiger partial charge in [0, 0.05) is 19.1 Å². The number of anilines is 1. The molecule has 0 aromatic carbocycles. The highest BCUT2D eigenvalue weighted by Gasteiger charge is 2.27. The average Bonchev–Trinajstić information content (AvgIpc) is 3.20. The fraction of sp³-hybridized carbons (Fsp3) is 0.643. The minimum Gasteiger partial charge on any atom is -0.382 e. The maximum atomic E-state index is 5.80. The van der Waals surface area contributed by atoms with E-state index < -0.39 is 0 Å². The van der Waals surface area contributed by atoms with Crippen molar-refractivity contribution in [1.82, 2.24) is 24.4 Å². The number of nitrogens with two attached hydrogens (primary N) is 1. The lowest BCUT2D eigenvalue weighted by molar-refractivity contribution is 0.256. The van der Waals surface area contributed by atoms with Crippen LogP contribution in [0.1, 0.15) is 32.6 Å². The zero-order chi connectivity index (χ0) is 13.9. The molecule has 0 amide bonds. The quantitative estimate of drug-likeness (QED) is 0.831. The van der Waals surface area contributed by atoms with Gasteiger partial charge in [0.25, 0.3) is 0 Å². The predicted octanol–water partition coefficient (Wildman–Crippen LogP) is 1.67. The van der Waals surface area contributed by atoms with Crippen LogP contribution in [0.3, 0.4) is 0 Å². The average molecular weight is 274 g/mol. The largest absolute Gasteiger partial charge is 0.382 e. The van der Waals surface area contributed by atoms with Gasteiger partial charge in [0.05, 0.1) is 6.33 Å². The van der Waals surface area contributed by atoms with Gasteiger partial charge in [-0.1, -0.05) is 6.92 Å². The van der Waals surface area contributed by atoms with Crippen molar-refractivity contribution in [1.29, 1.82) is 0 Å². The van der Waals surface area contributed by atoms with Crippen LogP contribution in [0.5, 0.6) is 0 Å². The van der Waals surface area contributed by atoms with Gasteiger partial charge in [0.1, 0.15) is 11.8 Å². The van der Waals surface area contributed by atoms with E-state index in [0.29, 0.717) is 11.3 Å². The van der Waals surface area contributed by atoms with E-state index in [4.69, 9.17) is 5.73 Å². The lowest BCUT2D eigenvalue weighted by Gasteiger charge is -2.21. The highest BCUT2D eigenvalue weighted by atomic mass is 15.2. The molecule has 0 bridgehead atoms. The Morgan fingerprint density at radius 1 is 1.30 bits per heavy atom. The summed E-state index contributed by atoms with van der Waals surface area (Å²) in [4.78, 5) is 15.2. The minimum atomic E-state index is 0.458. The molecule has 1 saturated carbocycles.